The van der Waals surface area contributed by atoms with E-state index in [0.29, 0.717) is 45.5 Å². The van der Waals surface area contributed by atoms with Crippen molar-refractivity contribution in [2.24, 2.45) is 5.84 Å². The first-order valence-corrected chi connectivity index (χ1v) is 13.3. The summed E-state index contributed by atoms with van der Waals surface area (Å²) in [6.07, 6.45) is 5.42. The first-order valence-electron chi connectivity index (χ1n) is 11.9. The molecule has 0 aliphatic rings. The van der Waals surface area contributed by atoms with Gasteiger partial charge < -0.3 is 10.4 Å². The fourth-order valence-electron chi connectivity index (χ4n) is 3.79. The van der Waals surface area contributed by atoms with Gasteiger partial charge in [-0.25, -0.2) is 15.6 Å². The molecule has 0 aliphatic heterocycles. The molecule has 0 radical (unpaired) electrons. The quantitative estimate of drug-likeness (QED) is 0.115. The fraction of sp³-hybridized carbons (Fsp3) is 0.138. The smallest absolute Gasteiger partial charge is 0.326 e. The molecule has 2 amide bonds. The maximum absolute atomic E-state index is 12.5. The van der Waals surface area contributed by atoms with Gasteiger partial charge in [0.1, 0.15) is 6.04 Å². The maximum atomic E-state index is 12.5. The molecule has 0 fully saturated rings. The standard InChI is InChI=1S/C29H25N5O4S/c1-39-15-13-25(29(37)38)33-27(35)21-10-6-19(7-11-21)3-2-18-4-8-20(9-5-18)26-16-22(28(36)34-30)23-17-31-14-12-24(23)32-26/h4-12,14,16-17,25H,13,15,30H2,1H3,(H,33,35)(H,34,36)(H,37,38). The van der Waals surface area contributed by atoms with Crippen molar-refractivity contribution < 1.29 is 19.5 Å². The van der Waals surface area contributed by atoms with Crippen LogP contribution in [0.5, 0.6) is 0 Å². The molecule has 5 N–H and O–H groups in total. The molecule has 2 heterocycles. The van der Waals surface area contributed by atoms with Gasteiger partial charge in [0, 0.05) is 40.0 Å². The minimum absolute atomic E-state index is 0.350. The largest absolute Gasteiger partial charge is 0.480 e. The van der Waals surface area contributed by atoms with Crippen LogP contribution in [0, 0.1) is 11.8 Å². The lowest BCUT2D eigenvalue weighted by atomic mass is 10.0. The average molecular weight is 540 g/mol. The van der Waals surface area contributed by atoms with Crippen molar-refractivity contribution in [2.75, 3.05) is 12.0 Å². The van der Waals surface area contributed by atoms with Gasteiger partial charge in [-0.15, -0.1) is 0 Å². The third kappa shape index (κ3) is 6.78. The number of thioether (sulfide) groups is 1. The van der Waals surface area contributed by atoms with Crippen molar-refractivity contribution in [3.05, 3.63) is 95.3 Å². The predicted octanol–water partition coefficient (Wildman–Crippen LogP) is 3.24. The summed E-state index contributed by atoms with van der Waals surface area (Å²) in [6.45, 7) is 0. The van der Waals surface area contributed by atoms with E-state index in [-0.39, 0.29) is 0 Å². The summed E-state index contributed by atoms with van der Waals surface area (Å²) in [7, 11) is 0. The molecule has 39 heavy (non-hydrogen) atoms. The van der Waals surface area contributed by atoms with Crippen LogP contribution in [0.1, 0.15) is 38.3 Å². The van der Waals surface area contributed by atoms with E-state index < -0.39 is 23.8 Å². The molecule has 196 valence electrons. The monoisotopic (exact) mass is 539 g/mol. The second kappa shape index (κ2) is 12.7. The van der Waals surface area contributed by atoms with Crippen LogP contribution >= 0.6 is 11.8 Å². The first kappa shape index (κ1) is 27.3. The zero-order chi connectivity index (χ0) is 27.8. The normalized spacial score (nSPS) is 11.2. The molecule has 1 unspecified atom stereocenters. The Bertz CT molecular complexity index is 1580. The highest BCUT2D eigenvalue weighted by Gasteiger charge is 2.20. The van der Waals surface area contributed by atoms with Crippen molar-refractivity contribution in [1.29, 1.82) is 0 Å². The van der Waals surface area contributed by atoms with Gasteiger partial charge in [-0.1, -0.05) is 24.0 Å². The van der Waals surface area contributed by atoms with E-state index in [1.54, 1.807) is 48.8 Å². The number of nitrogens with zero attached hydrogens (tertiary/aromatic N) is 2. The van der Waals surface area contributed by atoms with Gasteiger partial charge in [0.25, 0.3) is 11.8 Å². The van der Waals surface area contributed by atoms with Crippen LogP contribution in [0.25, 0.3) is 22.2 Å². The third-order valence-corrected chi connectivity index (χ3v) is 6.52. The fourth-order valence-corrected chi connectivity index (χ4v) is 4.26. The van der Waals surface area contributed by atoms with E-state index >= 15 is 0 Å². The van der Waals surface area contributed by atoms with Crippen molar-refractivity contribution in [3.63, 3.8) is 0 Å². The Morgan fingerprint density at radius 3 is 2.28 bits per heavy atom. The second-order valence-electron chi connectivity index (χ2n) is 8.47. The Kier molecular flexibility index (Phi) is 8.89. The highest BCUT2D eigenvalue weighted by Crippen LogP contribution is 2.24. The van der Waals surface area contributed by atoms with Crippen LogP contribution in [-0.2, 0) is 4.79 Å². The minimum atomic E-state index is -1.05. The Balaban J connectivity index is 1.48. The summed E-state index contributed by atoms with van der Waals surface area (Å²) in [5, 5.41) is 12.5. The molecule has 0 saturated carbocycles. The Labute approximate surface area is 229 Å². The second-order valence-corrected chi connectivity index (χ2v) is 9.46. The molecular formula is C29H25N5O4S. The number of benzene rings is 2. The number of hydrogen-bond acceptors (Lipinski definition) is 7. The number of carbonyl (C=O) groups is 3. The summed E-state index contributed by atoms with van der Waals surface area (Å²) < 4.78 is 0. The van der Waals surface area contributed by atoms with Gasteiger partial charge >= 0.3 is 5.97 Å². The van der Waals surface area contributed by atoms with Crippen molar-refractivity contribution in [3.8, 4) is 23.1 Å². The van der Waals surface area contributed by atoms with E-state index in [4.69, 9.17) is 5.84 Å². The Morgan fingerprint density at radius 2 is 1.67 bits per heavy atom. The van der Waals surface area contributed by atoms with E-state index in [1.807, 2.05) is 30.5 Å². The number of carboxylic acids is 1. The van der Waals surface area contributed by atoms with Crippen LogP contribution in [0.15, 0.2) is 73.1 Å². The van der Waals surface area contributed by atoms with Gasteiger partial charge in [0.2, 0.25) is 0 Å². The maximum Gasteiger partial charge on any atom is 0.326 e. The number of pyridine rings is 2. The van der Waals surface area contributed by atoms with E-state index in [0.717, 1.165) is 11.1 Å². The first-order chi connectivity index (χ1) is 18.9. The minimum Gasteiger partial charge on any atom is -0.480 e. The van der Waals surface area contributed by atoms with Crippen molar-refractivity contribution >= 4 is 40.4 Å². The molecule has 9 nitrogen and oxygen atoms in total. The molecule has 0 saturated heterocycles. The average Bonchev–Trinajstić information content (AvgIpc) is 2.97. The number of nitrogens with two attached hydrogens (primary N) is 1. The van der Waals surface area contributed by atoms with E-state index in [2.05, 4.69) is 32.6 Å². The molecule has 2 aromatic carbocycles. The topological polar surface area (TPSA) is 147 Å². The SMILES string of the molecule is CSCCC(NC(=O)c1ccc(C#Cc2ccc(-c3cc(C(=O)NN)c4cnccc4n3)cc2)cc1)C(=O)O. The lowest BCUT2D eigenvalue weighted by Gasteiger charge is -2.13. The molecule has 0 bridgehead atoms. The lowest BCUT2D eigenvalue weighted by Crippen LogP contribution is -2.41. The van der Waals surface area contributed by atoms with E-state index in [9.17, 15) is 19.5 Å². The number of rotatable bonds is 8. The summed E-state index contributed by atoms with van der Waals surface area (Å²) in [4.78, 5) is 44.9. The molecule has 0 aliphatic carbocycles. The molecule has 1 atom stereocenters. The molecular weight excluding hydrogens is 514 g/mol. The van der Waals surface area contributed by atoms with Crippen LogP contribution in [0.2, 0.25) is 0 Å². The number of aliphatic carboxylic acids is 1. The van der Waals surface area contributed by atoms with Gasteiger partial charge in [0.05, 0.1) is 16.8 Å². The number of fused-ring (bicyclic) bond motifs is 1. The van der Waals surface area contributed by atoms with E-state index in [1.165, 1.54) is 11.8 Å². The number of hydrogen-bond donors (Lipinski definition) is 4. The number of aromatic nitrogens is 2. The number of carboxylic acid groups (broad SMARTS) is 1. The van der Waals surface area contributed by atoms with Crippen LogP contribution < -0.4 is 16.6 Å². The van der Waals surface area contributed by atoms with Gasteiger partial charge in [-0.3, -0.25) is 20.0 Å². The zero-order valence-corrected chi connectivity index (χ0v) is 21.8. The van der Waals surface area contributed by atoms with Gasteiger partial charge in [0.15, 0.2) is 0 Å². The number of nitrogen functional groups attached to an aromatic ring is 1. The molecule has 4 rings (SSSR count). The van der Waals surface area contributed by atoms with Crippen molar-refractivity contribution in [1.82, 2.24) is 20.7 Å². The highest BCUT2D eigenvalue weighted by molar-refractivity contribution is 7.98. The lowest BCUT2D eigenvalue weighted by molar-refractivity contribution is -0.139. The van der Waals surface area contributed by atoms with Crippen molar-refractivity contribution in [2.45, 2.75) is 12.5 Å². The molecule has 10 heteroatoms. The zero-order valence-electron chi connectivity index (χ0n) is 21.0. The summed E-state index contributed by atoms with van der Waals surface area (Å²) >= 11 is 1.52. The Morgan fingerprint density at radius 1 is 1.00 bits per heavy atom. The van der Waals surface area contributed by atoms with Crippen LogP contribution in [0.4, 0.5) is 0 Å². The number of amides is 2. The predicted molar refractivity (Wildman–Crippen MR) is 151 cm³/mol. The molecule has 2 aromatic heterocycles. The Hall–Kier alpha value is -4.72. The molecule has 0 spiro atoms. The van der Waals surface area contributed by atoms with Crippen LogP contribution in [-0.4, -0.2) is 50.9 Å². The van der Waals surface area contributed by atoms with Gasteiger partial charge in [-0.2, -0.15) is 11.8 Å². The van der Waals surface area contributed by atoms with Crippen LogP contribution in [0.3, 0.4) is 0 Å². The summed E-state index contributed by atoms with van der Waals surface area (Å²) in [5.74, 6) is 10.2. The highest BCUT2D eigenvalue weighted by atomic mass is 32.2. The summed E-state index contributed by atoms with van der Waals surface area (Å²) in [5.41, 5.74) is 6.42. The van der Waals surface area contributed by atoms with Gasteiger partial charge in [-0.05, 0) is 67.0 Å². The summed E-state index contributed by atoms with van der Waals surface area (Å²) in [6, 6.07) is 16.6. The third-order valence-electron chi connectivity index (χ3n) is 5.88. The number of hydrazine groups is 1. The molecule has 4 aromatic rings. The number of nitrogens with one attached hydrogen (secondary N) is 2. The number of carbonyl (C=O) groups excluding carboxylic acids is 2.